The summed E-state index contributed by atoms with van der Waals surface area (Å²) in [6.45, 7) is 7.90. The van der Waals surface area contributed by atoms with Crippen molar-refractivity contribution in [2.45, 2.75) is 71.1 Å². The Morgan fingerprint density at radius 1 is 1.19 bits per heavy atom. The van der Waals surface area contributed by atoms with E-state index in [-0.39, 0.29) is 0 Å². The summed E-state index contributed by atoms with van der Waals surface area (Å²) in [5.41, 5.74) is 0. The van der Waals surface area contributed by atoms with Gasteiger partial charge in [0, 0.05) is 18.7 Å². The normalized spacial score (nSPS) is 42.2. The third-order valence-electron chi connectivity index (χ3n) is 4.54. The Kier molecular flexibility index (Phi) is 4.26. The van der Waals surface area contributed by atoms with Crippen molar-refractivity contribution in [1.82, 2.24) is 5.32 Å². The third-order valence-corrected chi connectivity index (χ3v) is 4.54. The second kappa shape index (κ2) is 5.50. The molecule has 5 atom stereocenters. The maximum atomic E-state index is 5.61. The molecule has 2 fully saturated rings. The third kappa shape index (κ3) is 2.98. The largest absolute Gasteiger partial charge is 0.377 e. The van der Waals surface area contributed by atoms with E-state index < -0.39 is 0 Å². The number of hydrogen-bond acceptors (Lipinski definition) is 2. The van der Waals surface area contributed by atoms with Gasteiger partial charge in [-0.25, -0.2) is 0 Å². The van der Waals surface area contributed by atoms with Crippen molar-refractivity contribution in [2.75, 3.05) is 6.61 Å². The van der Waals surface area contributed by atoms with Crippen molar-refractivity contribution in [1.29, 1.82) is 0 Å². The van der Waals surface area contributed by atoms with Crippen molar-refractivity contribution >= 4 is 0 Å². The van der Waals surface area contributed by atoms with Crippen LogP contribution in [0.15, 0.2) is 0 Å². The van der Waals surface area contributed by atoms with E-state index >= 15 is 0 Å². The first-order valence-electron chi connectivity index (χ1n) is 7.04. The molecule has 1 saturated carbocycles. The standard InChI is InChI=1S/C14H27NO/c1-10-5-4-6-13(9-10)11(2)15-14-7-8-16-12(14)3/h10-15H,4-9H2,1-3H3. The van der Waals surface area contributed by atoms with Crippen molar-refractivity contribution in [3.63, 3.8) is 0 Å². The van der Waals surface area contributed by atoms with Gasteiger partial charge in [-0.3, -0.25) is 0 Å². The van der Waals surface area contributed by atoms with E-state index in [0.717, 1.165) is 18.4 Å². The minimum Gasteiger partial charge on any atom is -0.377 e. The average Bonchev–Trinajstić information content (AvgIpc) is 2.64. The Morgan fingerprint density at radius 2 is 2.00 bits per heavy atom. The Morgan fingerprint density at radius 3 is 2.62 bits per heavy atom. The Balaban J connectivity index is 1.80. The van der Waals surface area contributed by atoms with Gasteiger partial charge in [-0.05, 0) is 44.9 Å². The first kappa shape index (κ1) is 12.4. The van der Waals surface area contributed by atoms with Crippen LogP contribution in [0.3, 0.4) is 0 Å². The number of hydrogen-bond donors (Lipinski definition) is 1. The molecule has 5 unspecified atom stereocenters. The fourth-order valence-corrected chi connectivity index (χ4v) is 3.36. The summed E-state index contributed by atoms with van der Waals surface area (Å²) in [6.07, 6.45) is 7.29. The summed E-state index contributed by atoms with van der Waals surface area (Å²) in [5, 5.41) is 3.79. The van der Waals surface area contributed by atoms with Crippen LogP contribution in [0.5, 0.6) is 0 Å². The topological polar surface area (TPSA) is 21.3 Å². The zero-order chi connectivity index (χ0) is 11.5. The van der Waals surface area contributed by atoms with Crippen molar-refractivity contribution in [3.8, 4) is 0 Å². The molecule has 2 heteroatoms. The van der Waals surface area contributed by atoms with Gasteiger partial charge in [0.25, 0.3) is 0 Å². The van der Waals surface area contributed by atoms with Gasteiger partial charge >= 0.3 is 0 Å². The Bertz CT molecular complexity index is 219. The maximum Gasteiger partial charge on any atom is 0.0700 e. The first-order chi connectivity index (χ1) is 7.66. The number of nitrogens with one attached hydrogen (secondary N) is 1. The fourth-order valence-electron chi connectivity index (χ4n) is 3.36. The second-order valence-electron chi connectivity index (χ2n) is 5.96. The van der Waals surface area contributed by atoms with Crippen LogP contribution in [0.4, 0.5) is 0 Å². The zero-order valence-corrected chi connectivity index (χ0v) is 11.0. The van der Waals surface area contributed by atoms with Gasteiger partial charge in [0.1, 0.15) is 0 Å². The minimum absolute atomic E-state index is 0.406. The highest BCUT2D eigenvalue weighted by molar-refractivity contribution is 4.85. The van der Waals surface area contributed by atoms with Crippen LogP contribution in [-0.2, 0) is 4.74 Å². The quantitative estimate of drug-likeness (QED) is 0.797. The van der Waals surface area contributed by atoms with E-state index in [9.17, 15) is 0 Å². The molecule has 16 heavy (non-hydrogen) atoms. The molecule has 0 aromatic carbocycles. The molecule has 94 valence electrons. The lowest BCUT2D eigenvalue weighted by Gasteiger charge is -2.34. The van der Waals surface area contributed by atoms with Gasteiger partial charge in [-0.15, -0.1) is 0 Å². The smallest absolute Gasteiger partial charge is 0.0700 e. The highest BCUT2D eigenvalue weighted by Crippen LogP contribution is 2.31. The van der Waals surface area contributed by atoms with E-state index in [1.54, 1.807) is 0 Å². The predicted molar refractivity (Wildman–Crippen MR) is 67.5 cm³/mol. The second-order valence-corrected chi connectivity index (χ2v) is 5.96. The van der Waals surface area contributed by atoms with Crippen molar-refractivity contribution < 1.29 is 4.74 Å². The van der Waals surface area contributed by atoms with Gasteiger partial charge in [-0.2, -0.15) is 0 Å². The lowest BCUT2D eigenvalue weighted by molar-refractivity contribution is 0.106. The average molecular weight is 225 g/mol. The molecule has 0 spiro atoms. The highest BCUT2D eigenvalue weighted by atomic mass is 16.5. The summed E-state index contributed by atoms with van der Waals surface area (Å²) >= 11 is 0. The molecule has 0 radical (unpaired) electrons. The Hall–Kier alpha value is -0.0800. The molecule has 0 aromatic heterocycles. The molecule has 2 rings (SSSR count). The van der Waals surface area contributed by atoms with Crippen molar-refractivity contribution in [2.24, 2.45) is 11.8 Å². The van der Waals surface area contributed by atoms with Gasteiger partial charge in [0.2, 0.25) is 0 Å². The molecule has 1 N–H and O–H groups in total. The van der Waals surface area contributed by atoms with E-state index in [0.29, 0.717) is 18.2 Å². The van der Waals surface area contributed by atoms with Gasteiger partial charge < -0.3 is 10.1 Å². The molecule has 0 aromatic rings. The van der Waals surface area contributed by atoms with Crippen LogP contribution in [0.25, 0.3) is 0 Å². The van der Waals surface area contributed by atoms with Crippen molar-refractivity contribution in [3.05, 3.63) is 0 Å². The number of ether oxygens (including phenoxy) is 1. The van der Waals surface area contributed by atoms with Crippen LogP contribution in [0, 0.1) is 11.8 Å². The zero-order valence-electron chi connectivity index (χ0n) is 11.0. The SMILES string of the molecule is CC1CCCC(C(C)NC2CCOC2C)C1. The van der Waals surface area contributed by atoms with E-state index in [2.05, 4.69) is 26.1 Å². The highest BCUT2D eigenvalue weighted by Gasteiger charge is 2.29. The van der Waals surface area contributed by atoms with Gasteiger partial charge in [-0.1, -0.05) is 19.8 Å². The van der Waals surface area contributed by atoms with Crippen LogP contribution in [-0.4, -0.2) is 24.8 Å². The van der Waals surface area contributed by atoms with Crippen LogP contribution in [0.2, 0.25) is 0 Å². The van der Waals surface area contributed by atoms with Gasteiger partial charge in [0.15, 0.2) is 0 Å². The Labute approximate surface area is 100 Å². The predicted octanol–water partition coefficient (Wildman–Crippen LogP) is 2.97. The monoisotopic (exact) mass is 225 g/mol. The lowest BCUT2D eigenvalue weighted by atomic mass is 9.79. The van der Waals surface area contributed by atoms with Crippen LogP contribution in [0.1, 0.15) is 52.9 Å². The summed E-state index contributed by atoms with van der Waals surface area (Å²) in [5.74, 6) is 1.82. The summed E-state index contributed by atoms with van der Waals surface area (Å²) in [7, 11) is 0. The first-order valence-corrected chi connectivity index (χ1v) is 7.04. The molecule has 1 aliphatic heterocycles. The molecule has 1 heterocycles. The lowest BCUT2D eigenvalue weighted by Crippen LogP contribution is -2.45. The van der Waals surface area contributed by atoms with Crippen LogP contribution < -0.4 is 5.32 Å². The maximum absolute atomic E-state index is 5.61. The molecule has 2 nitrogen and oxygen atoms in total. The van der Waals surface area contributed by atoms with E-state index in [1.165, 1.54) is 32.1 Å². The van der Waals surface area contributed by atoms with E-state index in [1.807, 2.05) is 0 Å². The van der Waals surface area contributed by atoms with Crippen LogP contribution >= 0.6 is 0 Å². The summed E-state index contributed by atoms with van der Waals surface area (Å²) < 4.78 is 5.61. The van der Waals surface area contributed by atoms with Gasteiger partial charge in [0.05, 0.1) is 6.10 Å². The molecule has 1 saturated heterocycles. The molecule has 0 bridgehead atoms. The molecule has 2 aliphatic rings. The summed E-state index contributed by atoms with van der Waals surface area (Å²) in [6, 6.07) is 1.25. The fraction of sp³-hybridized carbons (Fsp3) is 1.00. The molecule has 1 aliphatic carbocycles. The van der Waals surface area contributed by atoms with E-state index in [4.69, 9.17) is 4.74 Å². The number of rotatable bonds is 3. The molecular weight excluding hydrogens is 198 g/mol. The molecular formula is C14H27NO. The molecule has 0 amide bonds. The summed E-state index contributed by atoms with van der Waals surface area (Å²) in [4.78, 5) is 0. The minimum atomic E-state index is 0.406.